The molecule has 3 nitrogen and oxygen atoms in total. The summed E-state index contributed by atoms with van der Waals surface area (Å²) in [6.45, 7) is 2.54. The van der Waals surface area contributed by atoms with Crippen LogP contribution >= 0.6 is 27.3 Å². The van der Waals surface area contributed by atoms with Crippen LogP contribution in [-0.2, 0) is 10.0 Å². The molecule has 0 N–H and O–H groups in total. The van der Waals surface area contributed by atoms with Crippen LogP contribution in [0.3, 0.4) is 0 Å². The van der Waals surface area contributed by atoms with Crippen molar-refractivity contribution < 1.29 is 8.42 Å². The number of halogens is 1. The van der Waals surface area contributed by atoms with E-state index in [1.807, 2.05) is 35.9 Å². The molecule has 0 saturated carbocycles. The smallest absolute Gasteiger partial charge is 0.207 e. The topological polar surface area (TPSA) is 37.4 Å². The third-order valence-corrected chi connectivity index (χ3v) is 7.39. The van der Waals surface area contributed by atoms with Gasteiger partial charge in [0.05, 0.1) is 10.9 Å². The molecule has 1 aliphatic heterocycles. The lowest BCUT2D eigenvalue weighted by Crippen LogP contribution is -2.30. The lowest BCUT2D eigenvalue weighted by Gasteiger charge is -2.24. The van der Waals surface area contributed by atoms with Gasteiger partial charge in [0, 0.05) is 11.0 Å². The SMILES string of the molecule is Cc1ccc(S(=O)(=O)N2CCCC2c2ccsc2)c(Br)c1. The molecular weight excluding hydrogens is 370 g/mol. The van der Waals surface area contributed by atoms with Crippen molar-refractivity contribution in [2.45, 2.75) is 30.7 Å². The molecule has 6 heteroatoms. The van der Waals surface area contributed by atoms with Gasteiger partial charge < -0.3 is 0 Å². The van der Waals surface area contributed by atoms with E-state index in [2.05, 4.69) is 15.9 Å². The fraction of sp³-hybridized carbons (Fsp3) is 0.333. The molecule has 1 fully saturated rings. The van der Waals surface area contributed by atoms with Gasteiger partial charge in [-0.1, -0.05) is 6.07 Å². The molecule has 3 rings (SSSR count). The monoisotopic (exact) mass is 385 g/mol. The summed E-state index contributed by atoms with van der Waals surface area (Å²) in [5.41, 5.74) is 2.14. The number of sulfonamides is 1. The van der Waals surface area contributed by atoms with Crippen LogP contribution in [0, 0.1) is 6.92 Å². The van der Waals surface area contributed by atoms with Gasteiger partial charge in [-0.15, -0.1) is 0 Å². The fourth-order valence-corrected chi connectivity index (χ4v) is 6.31. The first-order valence-corrected chi connectivity index (χ1v) is 9.98. The number of benzene rings is 1. The van der Waals surface area contributed by atoms with Crippen molar-refractivity contribution in [2.75, 3.05) is 6.54 Å². The predicted molar refractivity (Wildman–Crippen MR) is 89.1 cm³/mol. The van der Waals surface area contributed by atoms with Crippen LogP contribution in [0.4, 0.5) is 0 Å². The van der Waals surface area contributed by atoms with Gasteiger partial charge in [0.1, 0.15) is 0 Å². The highest BCUT2D eigenvalue weighted by Gasteiger charge is 2.37. The molecule has 1 aromatic heterocycles. The lowest BCUT2D eigenvalue weighted by molar-refractivity contribution is 0.397. The van der Waals surface area contributed by atoms with Gasteiger partial charge in [-0.3, -0.25) is 0 Å². The van der Waals surface area contributed by atoms with E-state index in [0.29, 0.717) is 15.9 Å². The van der Waals surface area contributed by atoms with Gasteiger partial charge in [0.25, 0.3) is 0 Å². The molecule has 112 valence electrons. The van der Waals surface area contributed by atoms with Crippen molar-refractivity contribution >= 4 is 37.3 Å². The van der Waals surface area contributed by atoms with E-state index in [1.54, 1.807) is 21.7 Å². The molecular formula is C15H16BrNO2S2. The van der Waals surface area contributed by atoms with E-state index in [4.69, 9.17) is 0 Å². The Morgan fingerprint density at radius 1 is 1.33 bits per heavy atom. The third kappa shape index (κ3) is 2.82. The second-order valence-corrected chi connectivity index (χ2v) is 8.76. The summed E-state index contributed by atoms with van der Waals surface area (Å²) < 4.78 is 28.2. The Kier molecular flexibility index (Phi) is 4.23. The Hall–Kier alpha value is -0.690. The number of aryl methyl sites for hydroxylation is 1. The van der Waals surface area contributed by atoms with E-state index in [9.17, 15) is 8.42 Å². The zero-order chi connectivity index (χ0) is 15.0. The molecule has 2 heterocycles. The van der Waals surface area contributed by atoms with E-state index < -0.39 is 10.0 Å². The highest BCUT2D eigenvalue weighted by atomic mass is 79.9. The number of nitrogens with zero attached hydrogens (tertiary/aromatic N) is 1. The summed E-state index contributed by atoms with van der Waals surface area (Å²) >= 11 is 5.00. The highest BCUT2D eigenvalue weighted by Crippen LogP contribution is 2.38. The summed E-state index contributed by atoms with van der Waals surface area (Å²) in [6, 6.07) is 7.37. The predicted octanol–water partition coefficient (Wildman–Crippen LogP) is 4.34. The Balaban J connectivity index is 2.01. The standard InChI is InChI=1S/C15H16BrNO2S2/c1-11-4-5-15(13(16)9-11)21(18,19)17-7-2-3-14(17)12-6-8-20-10-12/h4-6,8-10,14H,2-3,7H2,1H3. The van der Waals surface area contributed by atoms with Crippen LogP contribution in [0.5, 0.6) is 0 Å². The number of rotatable bonds is 3. The maximum atomic E-state index is 13.0. The third-order valence-electron chi connectivity index (χ3n) is 3.81. The van der Waals surface area contributed by atoms with Crippen molar-refractivity contribution in [3.63, 3.8) is 0 Å². The van der Waals surface area contributed by atoms with E-state index in [1.165, 1.54) is 0 Å². The maximum absolute atomic E-state index is 13.0. The second-order valence-electron chi connectivity index (χ2n) is 5.26. The minimum Gasteiger partial charge on any atom is -0.207 e. The summed E-state index contributed by atoms with van der Waals surface area (Å²) in [5.74, 6) is 0. The summed E-state index contributed by atoms with van der Waals surface area (Å²) in [5, 5.41) is 4.04. The average Bonchev–Trinajstić information content (AvgIpc) is 3.09. The van der Waals surface area contributed by atoms with Gasteiger partial charge in [-0.05, 0) is 75.8 Å². The minimum absolute atomic E-state index is 0.0329. The minimum atomic E-state index is -3.47. The van der Waals surface area contributed by atoms with Gasteiger partial charge in [0.15, 0.2) is 0 Å². The quantitative estimate of drug-likeness (QED) is 0.787. The Morgan fingerprint density at radius 2 is 2.14 bits per heavy atom. The van der Waals surface area contributed by atoms with Crippen LogP contribution < -0.4 is 0 Å². The number of thiophene rings is 1. The van der Waals surface area contributed by atoms with E-state index >= 15 is 0 Å². The first kappa shape index (κ1) is 15.2. The molecule has 0 bridgehead atoms. The maximum Gasteiger partial charge on any atom is 0.244 e. The molecule has 0 spiro atoms. The number of hydrogen-bond donors (Lipinski definition) is 0. The normalized spacial score (nSPS) is 20.0. The molecule has 1 unspecified atom stereocenters. The second kappa shape index (κ2) is 5.83. The van der Waals surface area contributed by atoms with Crippen LogP contribution in [0.15, 0.2) is 44.4 Å². The largest absolute Gasteiger partial charge is 0.244 e. The lowest BCUT2D eigenvalue weighted by atomic mass is 10.1. The van der Waals surface area contributed by atoms with Crippen LogP contribution in [-0.4, -0.2) is 19.3 Å². The molecule has 0 aliphatic carbocycles. The zero-order valence-electron chi connectivity index (χ0n) is 11.6. The van der Waals surface area contributed by atoms with E-state index in [-0.39, 0.29) is 6.04 Å². The van der Waals surface area contributed by atoms with Crippen molar-refractivity contribution in [2.24, 2.45) is 0 Å². The van der Waals surface area contributed by atoms with Crippen LogP contribution in [0.1, 0.15) is 30.0 Å². The highest BCUT2D eigenvalue weighted by molar-refractivity contribution is 9.10. The van der Waals surface area contributed by atoms with Crippen molar-refractivity contribution in [3.05, 3.63) is 50.6 Å². The van der Waals surface area contributed by atoms with Crippen molar-refractivity contribution in [3.8, 4) is 0 Å². The van der Waals surface area contributed by atoms with Crippen LogP contribution in [0.25, 0.3) is 0 Å². The molecule has 21 heavy (non-hydrogen) atoms. The molecule has 0 radical (unpaired) electrons. The first-order valence-electron chi connectivity index (χ1n) is 6.80. The summed E-state index contributed by atoms with van der Waals surface area (Å²) in [7, 11) is -3.47. The zero-order valence-corrected chi connectivity index (χ0v) is 14.8. The van der Waals surface area contributed by atoms with Gasteiger partial charge in [-0.2, -0.15) is 15.6 Å². The molecule has 1 aliphatic rings. The summed E-state index contributed by atoms with van der Waals surface area (Å²) in [4.78, 5) is 0.357. The number of hydrogen-bond acceptors (Lipinski definition) is 3. The van der Waals surface area contributed by atoms with Gasteiger partial charge in [0.2, 0.25) is 10.0 Å². The average molecular weight is 386 g/mol. The van der Waals surface area contributed by atoms with Gasteiger partial charge >= 0.3 is 0 Å². The Morgan fingerprint density at radius 3 is 2.81 bits per heavy atom. The van der Waals surface area contributed by atoms with Gasteiger partial charge in [-0.25, -0.2) is 8.42 Å². The molecule has 1 atom stereocenters. The fourth-order valence-electron chi connectivity index (χ4n) is 2.77. The van der Waals surface area contributed by atoms with Crippen LogP contribution in [0.2, 0.25) is 0 Å². The molecule has 1 aromatic carbocycles. The molecule has 1 saturated heterocycles. The summed E-state index contributed by atoms with van der Waals surface area (Å²) in [6.07, 6.45) is 1.79. The first-order chi connectivity index (χ1) is 10.00. The Bertz CT molecular complexity index is 741. The van der Waals surface area contributed by atoms with Crippen molar-refractivity contribution in [1.82, 2.24) is 4.31 Å². The Labute approximate surface area is 137 Å². The molecule has 0 amide bonds. The molecule has 2 aromatic rings. The van der Waals surface area contributed by atoms with Crippen molar-refractivity contribution in [1.29, 1.82) is 0 Å². The van der Waals surface area contributed by atoms with E-state index in [0.717, 1.165) is 24.0 Å².